The van der Waals surface area contributed by atoms with Crippen molar-refractivity contribution < 1.29 is 27.5 Å². The van der Waals surface area contributed by atoms with Gasteiger partial charge in [-0.1, -0.05) is 29.3 Å². The zero-order valence-electron chi connectivity index (χ0n) is 23.1. The Morgan fingerprint density at radius 1 is 1.00 bits per heavy atom. The van der Waals surface area contributed by atoms with Gasteiger partial charge < -0.3 is 19.9 Å². The SMILES string of the molecule is CNC(=O)c1ccc(OC)c(C(F)(F)F)c1C1CN(C(=O)C2CCN(CC3CC3)CC2)CC1c1ccc(Cl)c(Cl)c1. The molecule has 3 fully saturated rings. The van der Waals surface area contributed by atoms with Crippen molar-refractivity contribution in [1.82, 2.24) is 15.1 Å². The summed E-state index contributed by atoms with van der Waals surface area (Å²) in [6.45, 7) is 2.99. The van der Waals surface area contributed by atoms with Crippen LogP contribution in [0.4, 0.5) is 13.2 Å². The third-order valence-corrected chi connectivity index (χ3v) is 9.45. The van der Waals surface area contributed by atoms with Crippen molar-refractivity contribution in [3.8, 4) is 5.75 Å². The van der Waals surface area contributed by atoms with Gasteiger partial charge in [-0.2, -0.15) is 13.2 Å². The number of carbonyl (C=O) groups is 2. The molecule has 2 aromatic rings. The number of ether oxygens (including phenoxy) is 1. The Kier molecular flexibility index (Phi) is 8.79. The lowest BCUT2D eigenvalue weighted by molar-refractivity contribution is -0.139. The van der Waals surface area contributed by atoms with Crippen molar-refractivity contribution in [2.75, 3.05) is 46.9 Å². The molecule has 2 aliphatic heterocycles. The van der Waals surface area contributed by atoms with Crippen LogP contribution in [0, 0.1) is 11.8 Å². The number of rotatable bonds is 7. The van der Waals surface area contributed by atoms with Crippen LogP contribution in [0.2, 0.25) is 10.0 Å². The van der Waals surface area contributed by atoms with Crippen LogP contribution in [0.25, 0.3) is 0 Å². The maximum atomic E-state index is 14.7. The smallest absolute Gasteiger partial charge is 0.420 e. The van der Waals surface area contributed by atoms with Crippen molar-refractivity contribution in [1.29, 1.82) is 0 Å². The number of alkyl halides is 3. The molecule has 2 aromatic carbocycles. The summed E-state index contributed by atoms with van der Waals surface area (Å²) in [5, 5.41) is 3.06. The number of methoxy groups -OCH3 is 1. The largest absolute Gasteiger partial charge is 0.496 e. The van der Waals surface area contributed by atoms with E-state index in [0.717, 1.165) is 38.4 Å². The summed E-state index contributed by atoms with van der Waals surface area (Å²) in [5.74, 6) is -1.89. The van der Waals surface area contributed by atoms with Gasteiger partial charge in [0, 0.05) is 50.0 Å². The average molecular weight is 613 g/mol. The molecule has 1 aliphatic carbocycles. The van der Waals surface area contributed by atoms with Crippen LogP contribution < -0.4 is 10.1 Å². The summed E-state index contributed by atoms with van der Waals surface area (Å²) >= 11 is 12.5. The Morgan fingerprint density at radius 2 is 1.68 bits per heavy atom. The lowest BCUT2D eigenvalue weighted by atomic mass is 9.79. The van der Waals surface area contributed by atoms with Crippen molar-refractivity contribution >= 4 is 35.0 Å². The van der Waals surface area contributed by atoms with Crippen LogP contribution in [-0.4, -0.2) is 68.5 Å². The summed E-state index contributed by atoms with van der Waals surface area (Å²) in [6, 6.07) is 7.49. The molecule has 2 unspecified atom stereocenters. The molecule has 222 valence electrons. The van der Waals surface area contributed by atoms with Crippen molar-refractivity contribution in [2.24, 2.45) is 11.8 Å². The molecule has 1 saturated carbocycles. The van der Waals surface area contributed by atoms with E-state index in [1.807, 2.05) is 0 Å². The summed E-state index contributed by atoms with van der Waals surface area (Å²) < 4.78 is 49.2. The Balaban J connectivity index is 1.54. The number of nitrogens with one attached hydrogen (secondary N) is 1. The van der Waals surface area contributed by atoms with Gasteiger partial charge in [0.25, 0.3) is 5.91 Å². The fourth-order valence-corrected chi connectivity index (χ4v) is 6.73. The maximum Gasteiger partial charge on any atom is 0.420 e. The molecule has 0 radical (unpaired) electrons. The summed E-state index contributed by atoms with van der Waals surface area (Å²) in [6.07, 6.45) is -0.821. The van der Waals surface area contributed by atoms with Crippen molar-refractivity contribution in [3.63, 3.8) is 0 Å². The monoisotopic (exact) mass is 611 g/mol. The molecule has 2 atom stereocenters. The number of halogens is 5. The first-order chi connectivity index (χ1) is 19.5. The van der Waals surface area contributed by atoms with E-state index in [9.17, 15) is 22.8 Å². The molecule has 0 spiro atoms. The van der Waals surface area contributed by atoms with Crippen LogP contribution in [-0.2, 0) is 11.0 Å². The fourth-order valence-electron chi connectivity index (χ4n) is 6.42. The van der Waals surface area contributed by atoms with E-state index in [-0.39, 0.29) is 46.8 Å². The van der Waals surface area contributed by atoms with Gasteiger partial charge in [0.2, 0.25) is 5.91 Å². The molecule has 11 heteroatoms. The molecule has 1 N–H and O–H groups in total. The predicted molar refractivity (Wildman–Crippen MR) is 152 cm³/mol. The standard InChI is InChI=1S/C30H34Cl2F3N3O3/c1-36-28(39)20-6-8-25(41-2)27(30(33,34)35)26(20)22-16-38(15-21(22)19-5-7-23(31)24(32)13-19)29(40)18-9-11-37(12-10-18)14-17-3-4-17/h5-8,13,17-18,21-22H,3-4,9-12,14-16H2,1-2H3,(H,36,39). The van der Waals surface area contributed by atoms with Crippen LogP contribution >= 0.6 is 23.2 Å². The normalized spacial score (nSPS) is 22.2. The third-order valence-electron chi connectivity index (χ3n) is 8.71. The Morgan fingerprint density at radius 3 is 2.27 bits per heavy atom. The van der Waals surface area contributed by atoms with Gasteiger partial charge >= 0.3 is 6.18 Å². The van der Waals surface area contributed by atoms with E-state index in [1.165, 1.54) is 39.1 Å². The third kappa shape index (κ3) is 6.32. The first-order valence-electron chi connectivity index (χ1n) is 14.0. The zero-order chi connectivity index (χ0) is 29.5. The topological polar surface area (TPSA) is 61.9 Å². The molecule has 5 rings (SSSR count). The van der Waals surface area contributed by atoms with Gasteiger partial charge in [-0.3, -0.25) is 9.59 Å². The number of hydrogen-bond acceptors (Lipinski definition) is 4. The van der Waals surface area contributed by atoms with Crippen molar-refractivity contribution in [3.05, 3.63) is 62.6 Å². The lowest BCUT2D eigenvalue weighted by Crippen LogP contribution is -2.42. The van der Waals surface area contributed by atoms with E-state index < -0.39 is 29.5 Å². The maximum absolute atomic E-state index is 14.7. The molecule has 41 heavy (non-hydrogen) atoms. The van der Waals surface area contributed by atoms with E-state index in [0.29, 0.717) is 10.6 Å². The lowest BCUT2D eigenvalue weighted by Gasteiger charge is -2.33. The minimum Gasteiger partial charge on any atom is -0.496 e. The first kappa shape index (κ1) is 30.0. The number of amides is 2. The Bertz CT molecular complexity index is 1310. The molecule has 0 bridgehead atoms. The molecule has 0 aromatic heterocycles. The highest BCUT2D eigenvalue weighted by molar-refractivity contribution is 6.42. The second kappa shape index (κ2) is 12.0. The van der Waals surface area contributed by atoms with Gasteiger partial charge in [0.05, 0.1) is 17.2 Å². The molecule has 2 amide bonds. The Labute approximate surface area is 248 Å². The Hall–Kier alpha value is -2.49. The van der Waals surface area contributed by atoms with Crippen LogP contribution in [0.3, 0.4) is 0 Å². The zero-order valence-corrected chi connectivity index (χ0v) is 24.6. The molecule has 2 heterocycles. The number of likely N-dealkylation sites (tertiary alicyclic amines) is 2. The van der Waals surface area contributed by atoms with Gasteiger partial charge in [-0.15, -0.1) is 0 Å². The van der Waals surface area contributed by atoms with Gasteiger partial charge in [0.1, 0.15) is 11.3 Å². The predicted octanol–water partition coefficient (Wildman–Crippen LogP) is 6.21. The van der Waals surface area contributed by atoms with Crippen LogP contribution in [0.1, 0.15) is 64.6 Å². The minimum absolute atomic E-state index is 0.0340. The number of benzene rings is 2. The molecule has 6 nitrogen and oxygen atoms in total. The van der Waals surface area contributed by atoms with E-state index in [1.54, 1.807) is 23.1 Å². The molecular weight excluding hydrogens is 578 g/mol. The average Bonchev–Trinajstić information content (AvgIpc) is 3.66. The van der Waals surface area contributed by atoms with E-state index in [4.69, 9.17) is 27.9 Å². The second-order valence-corrected chi connectivity index (χ2v) is 12.1. The molecule has 2 saturated heterocycles. The number of piperidine rings is 1. The van der Waals surface area contributed by atoms with Gasteiger partial charge in [-0.25, -0.2) is 0 Å². The molecular formula is C30H34Cl2F3N3O3. The number of nitrogens with zero attached hydrogens (tertiary/aromatic N) is 2. The highest BCUT2D eigenvalue weighted by Gasteiger charge is 2.47. The summed E-state index contributed by atoms with van der Waals surface area (Å²) in [7, 11) is 2.55. The number of hydrogen-bond donors (Lipinski definition) is 1. The highest BCUT2D eigenvalue weighted by Crippen LogP contribution is 2.50. The molecule has 3 aliphatic rings. The quantitative estimate of drug-likeness (QED) is 0.404. The minimum atomic E-state index is -4.81. The summed E-state index contributed by atoms with van der Waals surface area (Å²) in [4.78, 5) is 30.9. The number of carbonyl (C=O) groups excluding carboxylic acids is 2. The van der Waals surface area contributed by atoms with Crippen LogP contribution in [0.15, 0.2) is 30.3 Å². The van der Waals surface area contributed by atoms with E-state index in [2.05, 4.69) is 10.2 Å². The summed E-state index contributed by atoms with van der Waals surface area (Å²) in [5.41, 5.74) is -0.628. The van der Waals surface area contributed by atoms with Gasteiger partial charge in [0.15, 0.2) is 0 Å². The highest BCUT2D eigenvalue weighted by atomic mass is 35.5. The van der Waals surface area contributed by atoms with Gasteiger partial charge in [-0.05, 0) is 80.1 Å². The first-order valence-corrected chi connectivity index (χ1v) is 14.7. The van der Waals surface area contributed by atoms with E-state index >= 15 is 0 Å². The van der Waals surface area contributed by atoms with Crippen LogP contribution in [0.5, 0.6) is 5.75 Å². The van der Waals surface area contributed by atoms with Crippen molar-refractivity contribution in [2.45, 2.75) is 43.7 Å². The fraction of sp³-hybridized carbons (Fsp3) is 0.533. The second-order valence-electron chi connectivity index (χ2n) is 11.3.